The van der Waals surface area contributed by atoms with E-state index in [1.54, 1.807) is 17.5 Å². The van der Waals surface area contributed by atoms with E-state index in [1.807, 2.05) is 11.4 Å². The molecule has 4 nitrogen and oxygen atoms in total. The van der Waals surface area contributed by atoms with Crippen LogP contribution in [0.1, 0.15) is 12.1 Å². The molecular formula is C10H9BrN2O2S. The van der Waals surface area contributed by atoms with Crippen molar-refractivity contribution in [1.29, 1.82) is 0 Å². The molecule has 0 saturated heterocycles. The number of carboxylic acids is 1. The quantitative estimate of drug-likeness (QED) is 0.912. The van der Waals surface area contributed by atoms with Crippen LogP contribution < -0.4 is 0 Å². The summed E-state index contributed by atoms with van der Waals surface area (Å²) in [5.74, 6) is -0.798. The molecule has 0 aromatic carbocycles. The lowest BCUT2D eigenvalue weighted by Crippen LogP contribution is -1.98. The van der Waals surface area contributed by atoms with Crippen LogP contribution in [0.3, 0.4) is 0 Å². The van der Waals surface area contributed by atoms with Gasteiger partial charge in [-0.3, -0.25) is 9.89 Å². The van der Waals surface area contributed by atoms with Crippen LogP contribution in [-0.2, 0) is 11.2 Å². The first kappa shape index (κ1) is 11.3. The molecule has 0 amide bonds. The first-order valence-corrected chi connectivity index (χ1v) is 6.32. The minimum atomic E-state index is -0.798. The minimum Gasteiger partial charge on any atom is -0.481 e. The number of rotatable bonds is 4. The van der Waals surface area contributed by atoms with Crippen LogP contribution in [0.5, 0.6) is 0 Å². The first-order chi connectivity index (χ1) is 7.66. The van der Waals surface area contributed by atoms with E-state index in [4.69, 9.17) is 5.11 Å². The largest absolute Gasteiger partial charge is 0.481 e. The highest BCUT2D eigenvalue weighted by atomic mass is 79.9. The number of nitrogens with one attached hydrogen (secondary N) is 1. The third-order valence-electron chi connectivity index (χ3n) is 2.14. The summed E-state index contributed by atoms with van der Waals surface area (Å²) in [5, 5.41) is 17.4. The highest BCUT2D eigenvalue weighted by molar-refractivity contribution is 9.10. The Morgan fingerprint density at radius 3 is 3.06 bits per heavy atom. The van der Waals surface area contributed by atoms with Crippen molar-refractivity contribution in [2.24, 2.45) is 0 Å². The predicted molar refractivity (Wildman–Crippen MR) is 65.6 cm³/mol. The number of hydrogen-bond acceptors (Lipinski definition) is 3. The fourth-order valence-electron chi connectivity index (χ4n) is 1.40. The Kier molecular flexibility index (Phi) is 3.40. The molecule has 2 aromatic heterocycles. The molecule has 84 valence electrons. The van der Waals surface area contributed by atoms with E-state index < -0.39 is 5.97 Å². The zero-order valence-electron chi connectivity index (χ0n) is 8.24. The normalized spacial score (nSPS) is 10.6. The summed E-state index contributed by atoms with van der Waals surface area (Å²) in [7, 11) is 0. The average molecular weight is 301 g/mol. The standard InChI is InChI=1S/C10H9BrN2O2S/c11-6-3-9(16-5-6)7-4-12-13-8(7)1-2-10(14)15/h3-5H,1-2H2,(H,12,13)(H,14,15). The topological polar surface area (TPSA) is 66.0 Å². The molecule has 6 heteroatoms. The smallest absolute Gasteiger partial charge is 0.303 e. The zero-order chi connectivity index (χ0) is 11.5. The Morgan fingerprint density at radius 2 is 2.44 bits per heavy atom. The molecule has 0 radical (unpaired) electrons. The second-order valence-corrected chi connectivity index (χ2v) is 5.11. The summed E-state index contributed by atoms with van der Waals surface area (Å²) in [6, 6.07) is 2.00. The Labute approximate surface area is 104 Å². The van der Waals surface area contributed by atoms with Gasteiger partial charge in [0.2, 0.25) is 0 Å². The van der Waals surface area contributed by atoms with Crippen molar-refractivity contribution >= 4 is 33.2 Å². The maximum Gasteiger partial charge on any atom is 0.303 e. The van der Waals surface area contributed by atoms with Gasteiger partial charge in [0.05, 0.1) is 12.6 Å². The van der Waals surface area contributed by atoms with Gasteiger partial charge in [-0.25, -0.2) is 0 Å². The number of carboxylic acid groups (broad SMARTS) is 1. The van der Waals surface area contributed by atoms with E-state index in [-0.39, 0.29) is 6.42 Å². The maximum atomic E-state index is 10.5. The summed E-state index contributed by atoms with van der Waals surface area (Å²) in [4.78, 5) is 11.6. The number of H-pyrrole nitrogens is 1. The van der Waals surface area contributed by atoms with Crippen molar-refractivity contribution in [3.8, 4) is 10.4 Å². The fourth-order valence-corrected chi connectivity index (χ4v) is 2.87. The van der Waals surface area contributed by atoms with E-state index in [0.717, 1.165) is 20.6 Å². The number of aromatic nitrogens is 2. The van der Waals surface area contributed by atoms with Gasteiger partial charge in [0.1, 0.15) is 0 Å². The van der Waals surface area contributed by atoms with Crippen molar-refractivity contribution < 1.29 is 9.90 Å². The predicted octanol–water partition coefficient (Wildman–Crippen LogP) is 2.92. The molecular weight excluding hydrogens is 292 g/mol. The number of carbonyl (C=O) groups is 1. The van der Waals surface area contributed by atoms with Crippen molar-refractivity contribution in [3.63, 3.8) is 0 Å². The van der Waals surface area contributed by atoms with E-state index >= 15 is 0 Å². The van der Waals surface area contributed by atoms with Crippen LogP contribution in [0.25, 0.3) is 10.4 Å². The second-order valence-electron chi connectivity index (χ2n) is 3.29. The number of halogens is 1. The number of aryl methyl sites for hydroxylation is 1. The van der Waals surface area contributed by atoms with Crippen LogP contribution in [-0.4, -0.2) is 21.3 Å². The van der Waals surface area contributed by atoms with Crippen molar-refractivity contribution in [2.75, 3.05) is 0 Å². The van der Waals surface area contributed by atoms with Gasteiger partial charge in [-0.1, -0.05) is 0 Å². The SMILES string of the molecule is O=C(O)CCc1[nH]ncc1-c1cc(Br)cs1. The van der Waals surface area contributed by atoms with Crippen molar-refractivity contribution in [3.05, 3.63) is 27.8 Å². The molecule has 0 atom stereocenters. The van der Waals surface area contributed by atoms with E-state index in [9.17, 15) is 4.79 Å². The minimum absolute atomic E-state index is 0.113. The van der Waals surface area contributed by atoms with Gasteiger partial charge in [-0.05, 0) is 22.0 Å². The Bertz CT molecular complexity index is 506. The molecule has 0 aliphatic rings. The van der Waals surface area contributed by atoms with Gasteiger partial charge < -0.3 is 5.11 Å². The van der Waals surface area contributed by atoms with Crippen molar-refractivity contribution in [2.45, 2.75) is 12.8 Å². The number of aromatic amines is 1. The van der Waals surface area contributed by atoms with E-state index in [2.05, 4.69) is 26.1 Å². The average Bonchev–Trinajstić information content (AvgIpc) is 2.82. The van der Waals surface area contributed by atoms with Gasteiger partial charge in [0.15, 0.2) is 0 Å². The van der Waals surface area contributed by atoms with Gasteiger partial charge in [0, 0.05) is 32.4 Å². The number of hydrogen-bond donors (Lipinski definition) is 2. The lowest BCUT2D eigenvalue weighted by atomic mass is 10.1. The molecule has 2 N–H and O–H groups in total. The Morgan fingerprint density at radius 1 is 1.62 bits per heavy atom. The summed E-state index contributed by atoms with van der Waals surface area (Å²) >= 11 is 4.99. The maximum absolute atomic E-state index is 10.5. The van der Waals surface area contributed by atoms with Crippen LogP contribution in [0, 0.1) is 0 Å². The van der Waals surface area contributed by atoms with Crippen LogP contribution >= 0.6 is 27.3 Å². The number of nitrogens with zero attached hydrogens (tertiary/aromatic N) is 1. The zero-order valence-corrected chi connectivity index (χ0v) is 10.6. The molecule has 0 unspecified atom stereocenters. The van der Waals surface area contributed by atoms with Crippen LogP contribution in [0.4, 0.5) is 0 Å². The summed E-state index contributed by atoms with van der Waals surface area (Å²) < 4.78 is 1.03. The number of aliphatic carboxylic acids is 1. The first-order valence-electron chi connectivity index (χ1n) is 4.65. The molecule has 0 bridgehead atoms. The fraction of sp³-hybridized carbons (Fsp3) is 0.200. The molecule has 0 aliphatic carbocycles. The number of thiophene rings is 1. The molecule has 16 heavy (non-hydrogen) atoms. The van der Waals surface area contributed by atoms with Crippen LogP contribution in [0.2, 0.25) is 0 Å². The molecule has 2 heterocycles. The molecule has 0 aliphatic heterocycles. The van der Waals surface area contributed by atoms with Crippen LogP contribution in [0.15, 0.2) is 22.1 Å². The van der Waals surface area contributed by atoms with Gasteiger partial charge in [0.25, 0.3) is 0 Å². The van der Waals surface area contributed by atoms with Crippen molar-refractivity contribution in [1.82, 2.24) is 10.2 Å². The lowest BCUT2D eigenvalue weighted by Gasteiger charge is -1.98. The Hall–Kier alpha value is -1.14. The second kappa shape index (κ2) is 4.80. The van der Waals surface area contributed by atoms with Gasteiger partial charge >= 0.3 is 5.97 Å². The third-order valence-corrected chi connectivity index (χ3v) is 3.86. The lowest BCUT2D eigenvalue weighted by molar-refractivity contribution is -0.136. The Balaban J connectivity index is 2.22. The highest BCUT2D eigenvalue weighted by Gasteiger charge is 2.10. The molecule has 0 spiro atoms. The third kappa shape index (κ3) is 2.51. The van der Waals surface area contributed by atoms with Gasteiger partial charge in [-0.15, -0.1) is 11.3 Å². The molecule has 2 aromatic rings. The summed E-state index contributed by atoms with van der Waals surface area (Å²) in [5.41, 5.74) is 1.86. The molecule has 0 saturated carbocycles. The molecule has 2 rings (SSSR count). The summed E-state index contributed by atoms with van der Waals surface area (Å²) in [6.07, 6.45) is 2.32. The monoisotopic (exact) mass is 300 g/mol. The molecule has 0 fully saturated rings. The van der Waals surface area contributed by atoms with E-state index in [1.165, 1.54) is 0 Å². The summed E-state index contributed by atoms with van der Waals surface area (Å²) in [6.45, 7) is 0. The van der Waals surface area contributed by atoms with E-state index in [0.29, 0.717) is 6.42 Å². The van der Waals surface area contributed by atoms with Gasteiger partial charge in [-0.2, -0.15) is 5.10 Å². The highest BCUT2D eigenvalue weighted by Crippen LogP contribution is 2.31.